The Labute approximate surface area is 132 Å². The summed E-state index contributed by atoms with van der Waals surface area (Å²) in [5, 5.41) is 3.35. The predicted octanol–water partition coefficient (Wildman–Crippen LogP) is 4.96. The SMILES string of the molecule is O=C(Nc1cccc(I)c1)c1ccc(Br)c(Cl)c1. The molecule has 0 aliphatic rings. The zero-order valence-electron chi connectivity index (χ0n) is 9.08. The van der Waals surface area contributed by atoms with Crippen LogP contribution in [-0.2, 0) is 0 Å². The van der Waals surface area contributed by atoms with E-state index < -0.39 is 0 Å². The van der Waals surface area contributed by atoms with Crippen LogP contribution in [0.2, 0.25) is 5.02 Å². The summed E-state index contributed by atoms with van der Waals surface area (Å²) in [5.41, 5.74) is 1.30. The predicted molar refractivity (Wildman–Crippen MR) is 86.3 cm³/mol. The summed E-state index contributed by atoms with van der Waals surface area (Å²) in [6.45, 7) is 0. The van der Waals surface area contributed by atoms with E-state index in [-0.39, 0.29) is 5.91 Å². The first-order valence-electron chi connectivity index (χ1n) is 5.08. The molecular weight excluding hydrogens is 428 g/mol. The van der Waals surface area contributed by atoms with Crippen molar-refractivity contribution in [2.24, 2.45) is 0 Å². The van der Waals surface area contributed by atoms with Gasteiger partial charge in [-0.1, -0.05) is 17.7 Å². The Kier molecular flexibility index (Phi) is 4.64. The van der Waals surface area contributed by atoms with Gasteiger partial charge in [0.25, 0.3) is 5.91 Å². The minimum Gasteiger partial charge on any atom is -0.322 e. The molecule has 0 bridgehead atoms. The summed E-state index contributed by atoms with van der Waals surface area (Å²) in [7, 11) is 0. The lowest BCUT2D eigenvalue weighted by molar-refractivity contribution is 0.102. The molecule has 0 aliphatic carbocycles. The Bertz CT molecular complexity index is 603. The Morgan fingerprint density at radius 3 is 2.67 bits per heavy atom. The van der Waals surface area contributed by atoms with Crippen molar-refractivity contribution in [3.8, 4) is 0 Å². The first kappa shape index (κ1) is 13.8. The quantitative estimate of drug-likeness (QED) is 0.663. The maximum atomic E-state index is 12.0. The number of anilines is 1. The molecule has 0 saturated carbocycles. The molecule has 2 aromatic rings. The second-order valence-corrected chi connectivity index (χ2v) is 6.10. The molecule has 0 aromatic heterocycles. The van der Waals surface area contributed by atoms with Crippen LogP contribution in [0.5, 0.6) is 0 Å². The zero-order valence-corrected chi connectivity index (χ0v) is 13.6. The van der Waals surface area contributed by atoms with Crippen molar-refractivity contribution in [2.45, 2.75) is 0 Å². The molecule has 0 fully saturated rings. The Morgan fingerprint density at radius 1 is 1.22 bits per heavy atom. The number of halogens is 3. The number of carbonyl (C=O) groups is 1. The van der Waals surface area contributed by atoms with Crippen LogP contribution in [0.1, 0.15) is 10.4 Å². The molecule has 0 atom stereocenters. The molecule has 0 spiro atoms. The summed E-state index contributed by atoms with van der Waals surface area (Å²) in [4.78, 5) is 12.0. The minimum absolute atomic E-state index is 0.175. The number of benzene rings is 2. The molecule has 2 nitrogen and oxygen atoms in total. The molecule has 0 aliphatic heterocycles. The van der Waals surface area contributed by atoms with Gasteiger partial charge in [-0.15, -0.1) is 0 Å². The molecule has 5 heteroatoms. The summed E-state index contributed by atoms with van der Waals surface area (Å²) in [6, 6.07) is 12.7. The molecule has 1 amide bonds. The fourth-order valence-electron chi connectivity index (χ4n) is 1.41. The van der Waals surface area contributed by atoms with Crippen LogP contribution in [0.25, 0.3) is 0 Å². The van der Waals surface area contributed by atoms with E-state index in [1.807, 2.05) is 24.3 Å². The lowest BCUT2D eigenvalue weighted by atomic mass is 10.2. The van der Waals surface area contributed by atoms with Crippen LogP contribution < -0.4 is 5.32 Å². The average molecular weight is 436 g/mol. The third kappa shape index (κ3) is 3.46. The monoisotopic (exact) mass is 435 g/mol. The molecule has 1 N–H and O–H groups in total. The smallest absolute Gasteiger partial charge is 0.255 e. The molecule has 18 heavy (non-hydrogen) atoms. The fraction of sp³-hybridized carbons (Fsp3) is 0. The summed E-state index contributed by atoms with van der Waals surface area (Å²) in [6.07, 6.45) is 0. The Balaban J connectivity index is 2.19. The van der Waals surface area contributed by atoms with E-state index >= 15 is 0 Å². The van der Waals surface area contributed by atoms with Crippen molar-refractivity contribution in [3.63, 3.8) is 0 Å². The molecule has 92 valence electrons. The van der Waals surface area contributed by atoms with E-state index in [9.17, 15) is 4.79 Å². The summed E-state index contributed by atoms with van der Waals surface area (Å²) in [5.74, 6) is -0.175. The number of rotatable bonds is 2. The fourth-order valence-corrected chi connectivity index (χ4v) is 2.38. The van der Waals surface area contributed by atoms with Crippen molar-refractivity contribution in [1.82, 2.24) is 0 Å². The van der Waals surface area contributed by atoms with Gasteiger partial charge in [0.2, 0.25) is 0 Å². The molecule has 0 radical (unpaired) electrons. The normalized spacial score (nSPS) is 10.2. The van der Waals surface area contributed by atoms with Crippen molar-refractivity contribution < 1.29 is 4.79 Å². The highest BCUT2D eigenvalue weighted by Crippen LogP contribution is 2.23. The van der Waals surface area contributed by atoms with Crippen LogP contribution in [0.15, 0.2) is 46.9 Å². The molecule has 0 saturated heterocycles. The molecule has 2 rings (SSSR count). The second kappa shape index (κ2) is 6.04. The maximum absolute atomic E-state index is 12.0. The first-order valence-corrected chi connectivity index (χ1v) is 7.33. The van der Waals surface area contributed by atoms with Gasteiger partial charge in [-0.05, 0) is 74.9 Å². The Morgan fingerprint density at radius 2 is 2.00 bits per heavy atom. The minimum atomic E-state index is -0.175. The highest BCUT2D eigenvalue weighted by Gasteiger charge is 2.08. The first-order chi connectivity index (χ1) is 8.56. The zero-order chi connectivity index (χ0) is 13.1. The van der Waals surface area contributed by atoms with E-state index in [1.165, 1.54) is 0 Å². The molecular formula is C13H8BrClINO. The van der Waals surface area contributed by atoms with Gasteiger partial charge in [-0.3, -0.25) is 4.79 Å². The molecule has 2 aromatic carbocycles. The number of hydrogen-bond donors (Lipinski definition) is 1. The van der Waals surface area contributed by atoms with E-state index in [0.717, 1.165) is 13.7 Å². The highest BCUT2D eigenvalue weighted by atomic mass is 127. The van der Waals surface area contributed by atoms with Crippen molar-refractivity contribution in [3.05, 3.63) is 61.1 Å². The van der Waals surface area contributed by atoms with Crippen LogP contribution in [0.3, 0.4) is 0 Å². The Hall–Kier alpha value is -0.590. The van der Waals surface area contributed by atoms with Gasteiger partial charge < -0.3 is 5.32 Å². The van der Waals surface area contributed by atoms with E-state index in [1.54, 1.807) is 18.2 Å². The molecule has 0 unspecified atom stereocenters. The van der Waals surface area contributed by atoms with Gasteiger partial charge in [0.05, 0.1) is 5.02 Å². The lowest BCUT2D eigenvalue weighted by Crippen LogP contribution is -2.11. The van der Waals surface area contributed by atoms with Crippen molar-refractivity contribution in [1.29, 1.82) is 0 Å². The van der Waals surface area contributed by atoms with Gasteiger partial charge in [-0.25, -0.2) is 0 Å². The molecule has 0 heterocycles. The largest absolute Gasteiger partial charge is 0.322 e. The van der Waals surface area contributed by atoms with Crippen molar-refractivity contribution >= 4 is 61.7 Å². The van der Waals surface area contributed by atoms with E-state index in [2.05, 4.69) is 43.8 Å². The second-order valence-electron chi connectivity index (χ2n) is 3.59. The van der Waals surface area contributed by atoms with Crippen LogP contribution in [0, 0.1) is 3.57 Å². The van der Waals surface area contributed by atoms with Gasteiger partial charge in [0, 0.05) is 19.3 Å². The number of hydrogen-bond acceptors (Lipinski definition) is 1. The number of amides is 1. The van der Waals surface area contributed by atoms with Gasteiger partial charge in [0.1, 0.15) is 0 Å². The number of carbonyl (C=O) groups excluding carboxylic acids is 1. The van der Waals surface area contributed by atoms with Gasteiger partial charge >= 0.3 is 0 Å². The standard InChI is InChI=1S/C13H8BrClINO/c14-11-5-4-8(6-12(11)15)13(18)17-10-3-1-2-9(16)7-10/h1-7H,(H,17,18). The van der Waals surface area contributed by atoms with Crippen LogP contribution in [-0.4, -0.2) is 5.91 Å². The third-order valence-electron chi connectivity index (χ3n) is 2.26. The van der Waals surface area contributed by atoms with Crippen LogP contribution in [0.4, 0.5) is 5.69 Å². The lowest BCUT2D eigenvalue weighted by Gasteiger charge is -2.06. The maximum Gasteiger partial charge on any atom is 0.255 e. The summed E-state index contributed by atoms with van der Waals surface area (Å²) >= 11 is 11.4. The van der Waals surface area contributed by atoms with Crippen LogP contribution >= 0.6 is 50.1 Å². The van der Waals surface area contributed by atoms with E-state index in [4.69, 9.17) is 11.6 Å². The highest BCUT2D eigenvalue weighted by molar-refractivity contribution is 14.1. The average Bonchev–Trinajstić information content (AvgIpc) is 2.32. The van der Waals surface area contributed by atoms with Crippen molar-refractivity contribution in [2.75, 3.05) is 5.32 Å². The van der Waals surface area contributed by atoms with Gasteiger partial charge in [0.15, 0.2) is 0 Å². The van der Waals surface area contributed by atoms with E-state index in [0.29, 0.717) is 10.6 Å². The number of nitrogens with one attached hydrogen (secondary N) is 1. The third-order valence-corrected chi connectivity index (χ3v) is 4.17. The summed E-state index contributed by atoms with van der Waals surface area (Å²) < 4.78 is 1.84. The van der Waals surface area contributed by atoms with Gasteiger partial charge in [-0.2, -0.15) is 0 Å². The topological polar surface area (TPSA) is 29.1 Å².